The monoisotopic (exact) mass is 313 g/mol. The number of rotatable bonds is 4. The van der Waals surface area contributed by atoms with Gasteiger partial charge < -0.3 is 10.6 Å². The highest BCUT2D eigenvalue weighted by molar-refractivity contribution is 5.79. The van der Waals surface area contributed by atoms with Crippen molar-refractivity contribution in [3.05, 3.63) is 51.8 Å². The van der Waals surface area contributed by atoms with Crippen LogP contribution in [-0.2, 0) is 20.1 Å². The normalized spacial score (nSPS) is 11.7. The van der Waals surface area contributed by atoms with E-state index in [1.165, 1.54) is 27.9 Å². The van der Waals surface area contributed by atoms with Crippen molar-refractivity contribution in [3.63, 3.8) is 0 Å². The molecule has 23 heavy (non-hydrogen) atoms. The molecule has 1 aromatic heterocycles. The van der Waals surface area contributed by atoms with Crippen molar-refractivity contribution in [1.29, 1.82) is 0 Å². The van der Waals surface area contributed by atoms with Crippen LogP contribution in [0.3, 0.4) is 0 Å². The second kappa shape index (κ2) is 7.31. The number of hydrogen-bond acceptors (Lipinski definition) is 2. The van der Waals surface area contributed by atoms with Crippen LogP contribution < -0.4 is 10.6 Å². The fourth-order valence-electron chi connectivity index (χ4n) is 2.69. The summed E-state index contributed by atoms with van der Waals surface area (Å²) >= 11 is 0. The van der Waals surface area contributed by atoms with E-state index in [4.69, 9.17) is 0 Å². The Morgan fingerprint density at radius 1 is 1.13 bits per heavy atom. The van der Waals surface area contributed by atoms with Gasteiger partial charge >= 0.3 is 0 Å². The predicted octanol–water partition coefficient (Wildman–Crippen LogP) is 2.52. The van der Waals surface area contributed by atoms with Crippen molar-refractivity contribution in [1.82, 2.24) is 20.4 Å². The smallest absolute Gasteiger partial charge is 0.191 e. The summed E-state index contributed by atoms with van der Waals surface area (Å²) in [6, 6.07) is 6.51. The molecule has 0 saturated heterocycles. The van der Waals surface area contributed by atoms with Gasteiger partial charge in [0, 0.05) is 38.4 Å². The largest absolute Gasteiger partial charge is 0.352 e. The first-order chi connectivity index (χ1) is 10.9. The molecule has 5 nitrogen and oxygen atoms in total. The second-order valence-corrected chi connectivity index (χ2v) is 5.98. The van der Waals surface area contributed by atoms with Crippen molar-refractivity contribution in [2.45, 2.75) is 40.8 Å². The second-order valence-electron chi connectivity index (χ2n) is 5.98. The third-order valence-corrected chi connectivity index (χ3v) is 4.26. The Morgan fingerprint density at radius 3 is 2.39 bits per heavy atom. The third-order valence-electron chi connectivity index (χ3n) is 4.26. The van der Waals surface area contributed by atoms with Gasteiger partial charge in [-0.3, -0.25) is 9.67 Å². The Bertz CT molecular complexity index is 712. The van der Waals surface area contributed by atoms with Gasteiger partial charge in [-0.15, -0.1) is 0 Å². The summed E-state index contributed by atoms with van der Waals surface area (Å²) in [4.78, 5) is 4.30. The van der Waals surface area contributed by atoms with Crippen molar-refractivity contribution < 1.29 is 0 Å². The number of nitrogens with zero attached hydrogens (tertiary/aromatic N) is 3. The van der Waals surface area contributed by atoms with Crippen LogP contribution in [-0.4, -0.2) is 22.8 Å². The Balaban J connectivity index is 1.96. The maximum absolute atomic E-state index is 4.44. The fourth-order valence-corrected chi connectivity index (χ4v) is 2.69. The van der Waals surface area contributed by atoms with Gasteiger partial charge in [0.1, 0.15) is 0 Å². The molecule has 0 spiro atoms. The molecule has 5 heteroatoms. The number of aromatic nitrogens is 2. The summed E-state index contributed by atoms with van der Waals surface area (Å²) in [6.45, 7) is 9.86. The van der Waals surface area contributed by atoms with Gasteiger partial charge in [0.15, 0.2) is 5.96 Å². The Morgan fingerprint density at radius 2 is 1.83 bits per heavy atom. The Hall–Kier alpha value is -2.30. The van der Waals surface area contributed by atoms with Gasteiger partial charge in [0.05, 0.1) is 5.69 Å². The van der Waals surface area contributed by atoms with Crippen LogP contribution in [0.2, 0.25) is 0 Å². The average Bonchev–Trinajstić information content (AvgIpc) is 2.74. The minimum absolute atomic E-state index is 0.720. The molecular formula is C18H27N5. The van der Waals surface area contributed by atoms with Crippen LogP contribution in [0.4, 0.5) is 0 Å². The van der Waals surface area contributed by atoms with E-state index >= 15 is 0 Å². The van der Waals surface area contributed by atoms with Crippen LogP contribution in [0.15, 0.2) is 23.2 Å². The molecule has 0 unspecified atom stereocenters. The van der Waals surface area contributed by atoms with Crippen LogP contribution in [0.25, 0.3) is 0 Å². The molecule has 2 aromatic rings. The highest BCUT2D eigenvalue weighted by Gasteiger charge is 2.09. The van der Waals surface area contributed by atoms with Crippen LogP contribution in [0.5, 0.6) is 0 Å². The zero-order valence-electron chi connectivity index (χ0n) is 15.0. The van der Waals surface area contributed by atoms with E-state index in [1.807, 2.05) is 18.7 Å². The SMILES string of the molecule is CN=C(NCc1ccc(C)cc1C)NCc1c(C)nn(C)c1C. The number of aliphatic imine (C=N–C) groups is 1. The standard InChI is InChI=1S/C18H27N5/c1-12-7-8-16(13(2)9-12)10-20-18(19-5)21-11-17-14(3)22-23(6)15(17)4/h7-9H,10-11H2,1-6H3,(H2,19,20,21). The number of nitrogens with one attached hydrogen (secondary N) is 2. The summed E-state index contributed by atoms with van der Waals surface area (Å²) < 4.78 is 1.91. The van der Waals surface area contributed by atoms with Gasteiger partial charge in [-0.1, -0.05) is 23.8 Å². The quantitative estimate of drug-likeness (QED) is 0.673. The Kier molecular flexibility index (Phi) is 5.42. The molecule has 2 N–H and O–H groups in total. The van der Waals surface area contributed by atoms with Crippen molar-refractivity contribution >= 4 is 5.96 Å². The summed E-state index contributed by atoms with van der Waals surface area (Å²) in [5.74, 6) is 0.799. The molecule has 0 amide bonds. The highest BCUT2D eigenvalue weighted by Crippen LogP contribution is 2.12. The van der Waals surface area contributed by atoms with Gasteiger partial charge in [-0.2, -0.15) is 5.10 Å². The molecule has 0 aliphatic rings. The predicted molar refractivity (Wildman–Crippen MR) is 95.6 cm³/mol. The molecule has 0 bridgehead atoms. The molecule has 2 rings (SSSR count). The molecule has 124 valence electrons. The van der Waals surface area contributed by atoms with E-state index in [2.05, 4.69) is 59.7 Å². The van der Waals surface area contributed by atoms with Crippen LogP contribution in [0, 0.1) is 27.7 Å². The number of hydrogen-bond donors (Lipinski definition) is 2. The number of guanidine groups is 1. The lowest BCUT2D eigenvalue weighted by molar-refractivity contribution is 0.728. The topological polar surface area (TPSA) is 54.2 Å². The van der Waals surface area contributed by atoms with E-state index in [0.29, 0.717) is 0 Å². The zero-order valence-corrected chi connectivity index (χ0v) is 15.0. The lowest BCUT2D eigenvalue weighted by atomic mass is 10.1. The van der Waals surface area contributed by atoms with Gasteiger partial charge in [0.2, 0.25) is 0 Å². The average molecular weight is 313 g/mol. The first-order valence-corrected chi connectivity index (χ1v) is 7.92. The van der Waals surface area contributed by atoms with Gasteiger partial charge in [-0.25, -0.2) is 0 Å². The fraction of sp³-hybridized carbons (Fsp3) is 0.444. The van der Waals surface area contributed by atoms with E-state index in [0.717, 1.165) is 24.7 Å². The maximum atomic E-state index is 4.44. The van der Waals surface area contributed by atoms with Crippen LogP contribution in [0.1, 0.15) is 33.6 Å². The molecular weight excluding hydrogens is 286 g/mol. The van der Waals surface area contributed by atoms with E-state index in [1.54, 1.807) is 7.05 Å². The van der Waals surface area contributed by atoms with E-state index < -0.39 is 0 Å². The molecule has 0 aliphatic carbocycles. The molecule has 1 aromatic carbocycles. The first-order valence-electron chi connectivity index (χ1n) is 7.92. The summed E-state index contributed by atoms with van der Waals surface area (Å²) in [6.07, 6.45) is 0. The van der Waals surface area contributed by atoms with Gasteiger partial charge in [0.25, 0.3) is 0 Å². The minimum Gasteiger partial charge on any atom is -0.352 e. The molecule has 0 radical (unpaired) electrons. The molecule has 0 fully saturated rings. The lowest BCUT2D eigenvalue weighted by Gasteiger charge is -2.13. The van der Waals surface area contributed by atoms with Gasteiger partial charge in [-0.05, 0) is 38.8 Å². The first kappa shape index (κ1) is 17.1. The molecule has 1 heterocycles. The maximum Gasteiger partial charge on any atom is 0.191 e. The summed E-state index contributed by atoms with van der Waals surface area (Å²) in [5.41, 5.74) is 7.33. The van der Waals surface area contributed by atoms with Crippen molar-refractivity contribution in [2.24, 2.45) is 12.0 Å². The molecule has 0 atom stereocenters. The van der Waals surface area contributed by atoms with E-state index in [9.17, 15) is 0 Å². The number of benzene rings is 1. The van der Waals surface area contributed by atoms with Crippen molar-refractivity contribution in [3.8, 4) is 0 Å². The Labute approximate surface area is 138 Å². The summed E-state index contributed by atoms with van der Waals surface area (Å²) in [5, 5.41) is 11.2. The molecule has 0 aliphatic heterocycles. The minimum atomic E-state index is 0.720. The third kappa shape index (κ3) is 4.12. The van der Waals surface area contributed by atoms with E-state index in [-0.39, 0.29) is 0 Å². The zero-order chi connectivity index (χ0) is 17.0. The number of aryl methyl sites for hydroxylation is 4. The van der Waals surface area contributed by atoms with Crippen LogP contribution >= 0.6 is 0 Å². The van der Waals surface area contributed by atoms with Crippen molar-refractivity contribution in [2.75, 3.05) is 7.05 Å². The molecule has 0 saturated carbocycles. The highest BCUT2D eigenvalue weighted by atomic mass is 15.3. The lowest BCUT2D eigenvalue weighted by Crippen LogP contribution is -2.36. The summed E-state index contributed by atoms with van der Waals surface area (Å²) in [7, 11) is 3.76.